The van der Waals surface area contributed by atoms with Crippen molar-refractivity contribution < 1.29 is 0 Å². The minimum absolute atomic E-state index is 0.253. The summed E-state index contributed by atoms with van der Waals surface area (Å²) in [5, 5.41) is 3.08. The molecule has 1 aliphatic rings. The van der Waals surface area contributed by atoms with Crippen molar-refractivity contribution in [3.05, 3.63) is 41.5 Å². The van der Waals surface area contributed by atoms with Crippen LogP contribution < -0.4 is 3.51 Å². The van der Waals surface area contributed by atoms with Crippen LogP contribution in [0.3, 0.4) is 0 Å². The molecule has 0 nitrogen and oxygen atoms in total. The van der Waals surface area contributed by atoms with Crippen molar-refractivity contribution >= 4 is 34.5 Å². The Bertz CT molecular complexity index is 628. The number of hydrogen-bond donors (Lipinski definition) is 0. The first-order valence-corrected chi connectivity index (χ1v) is 12.6. The van der Waals surface area contributed by atoms with Crippen LogP contribution in [0.5, 0.6) is 0 Å². The van der Waals surface area contributed by atoms with Gasteiger partial charge in [-0.15, -0.1) is 0 Å². The Kier molecular flexibility index (Phi) is 3.88. The van der Waals surface area contributed by atoms with Gasteiger partial charge in [0.05, 0.1) is 0 Å². The van der Waals surface area contributed by atoms with E-state index in [1.165, 1.54) is 23.8 Å². The number of aryl methyl sites for hydroxylation is 1. The van der Waals surface area contributed by atoms with E-state index >= 15 is 0 Å². The molecule has 0 aliphatic carbocycles. The first kappa shape index (κ1) is 14.5. The number of benzene rings is 2. The summed E-state index contributed by atoms with van der Waals surface area (Å²) in [5.74, 6) is 0. The summed E-state index contributed by atoms with van der Waals surface area (Å²) >= 11 is -1.19. The first-order valence-electron chi connectivity index (χ1n) is 7.76. The van der Waals surface area contributed by atoms with Crippen LogP contribution in [0.4, 0.5) is 0 Å². The van der Waals surface area contributed by atoms with Gasteiger partial charge in [-0.2, -0.15) is 0 Å². The van der Waals surface area contributed by atoms with Gasteiger partial charge >= 0.3 is 131 Å². The van der Waals surface area contributed by atoms with E-state index in [2.05, 4.69) is 58.0 Å². The molecule has 1 aliphatic heterocycles. The molecule has 20 heavy (non-hydrogen) atoms. The van der Waals surface area contributed by atoms with Gasteiger partial charge in [-0.3, -0.25) is 0 Å². The third-order valence-electron chi connectivity index (χ3n) is 4.55. The monoisotopic (exact) mass is 374 g/mol. The van der Waals surface area contributed by atoms with Crippen LogP contribution in [0.15, 0.2) is 30.3 Å². The molecule has 1 fully saturated rings. The number of rotatable bonds is 1. The summed E-state index contributed by atoms with van der Waals surface area (Å²) in [6, 6.07) is 11.7. The Morgan fingerprint density at radius 1 is 0.950 bits per heavy atom. The van der Waals surface area contributed by atoms with Crippen LogP contribution >= 0.6 is 0 Å². The molecule has 0 unspecified atom stereocenters. The Morgan fingerprint density at radius 2 is 1.55 bits per heavy atom. The van der Waals surface area contributed by atoms with Crippen LogP contribution in [0.1, 0.15) is 44.7 Å². The van der Waals surface area contributed by atoms with Crippen molar-refractivity contribution in [2.45, 2.75) is 54.7 Å². The molecular formula is C19H25Sb. The van der Waals surface area contributed by atoms with Crippen LogP contribution in [-0.2, 0) is 5.41 Å². The molecule has 106 valence electrons. The van der Waals surface area contributed by atoms with E-state index in [9.17, 15) is 0 Å². The summed E-state index contributed by atoms with van der Waals surface area (Å²) in [6.45, 7) is 9.38. The van der Waals surface area contributed by atoms with E-state index < -0.39 is 20.2 Å². The second-order valence-electron chi connectivity index (χ2n) is 7.06. The Morgan fingerprint density at radius 3 is 2.15 bits per heavy atom. The van der Waals surface area contributed by atoms with E-state index in [1.807, 2.05) is 0 Å². The van der Waals surface area contributed by atoms with Gasteiger partial charge in [-0.25, -0.2) is 0 Å². The SMILES string of the molecule is Cc1c(C(C)(C)C)c[c]([Sb]2[CH2]CC[CH2]2)c2ccccc12. The summed E-state index contributed by atoms with van der Waals surface area (Å²) in [4.78, 5) is 0. The molecule has 2 aromatic carbocycles. The van der Waals surface area contributed by atoms with E-state index in [4.69, 9.17) is 0 Å². The fraction of sp³-hybridized carbons (Fsp3) is 0.474. The van der Waals surface area contributed by atoms with Gasteiger partial charge in [0.25, 0.3) is 0 Å². The Balaban J connectivity index is 2.29. The third-order valence-corrected chi connectivity index (χ3v) is 12.4. The molecule has 1 heteroatoms. The zero-order valence-electron chi connectivity index (χ0n) is 13.2. The maximum absolute atomic E-state index is 2.60. The fourth-order valence-electron chi connectivity index (χ4n) is 3.50. The number of hydrogen-bond acceptors (Lipinski definition) is 0. The standard InChI is InChI=1S/C15H17.C4H8.Sb/c1-11-13-8-6-5-7-12(13)9-10-14(11)15(2,3)4;1-3-4-2;/h5-8,10H,1-4H3;1-4H2;. The zero-order valence-corrected chi connectivity index (χ0v) is 15.7. The van der Waals surface area contributed by atoms with E-state index in [0.717, 1.165) is 0 Å². The van der Waals surface area contributed by atoms with Gasteiger partial charge in [-0.1, -0.05) is 0 Å². The third kappa shape index (κ3) is 2.52. The van der Waals surface area contributed by atoms with Crippen molar-refractivity contribution in [2.75, 3.05) is 0 Å². The summed E-state index contributed by atoms with van der Waals surface area (Å²) in [5.41, 5.74) is 3.32. The van der Waals surface area contributed by atoms with Crippen LogP contribution in [0.2, 0.25) is 8.73 Å². The van der Waals surface area contributed by atoms with Crippen molar-refractivity contribution in [3.8, 4) is 0 Å². The Hall–Kier alpha value is -0.482. The van der Waals surface area contributed by atoms with Crippen LogP contribution in [0.25, 0.3) is 10.8 Å². The molecular weight excluding hydrogens is 350 g/mol. The normalized spacial score (nSPS) is 17.0. The first-order chi connectivity index (χ1) is 9.48. The van der Waals surface area contributed by atoms with Crippen molar-refractivity contribution in [1.82, 2.24) is 0 Å². The second-order valence-corrected chi connectivity index (χ2v) is 14.1. The van der Waals surface area contributed by atoms with Gasteiger partial charge in [0, 0.05) is 0 Å². The fourth-order valence-corrected chi connectivity index (χ4v) is 11.4. The second kappa shape index (κ2) is 5.37. The van der Waals surface area contributed by atoms with Gasteiger partial charge in [-0.05, 0) is 0 Å². The predicted octanol–water partition coefficient (Wildman–Crippen LogP) is 4.94. The molecule has 1 heterocycles. The van der Waals surface area contributed by atoms with Gasteiger partial charge in [0.15, 0.2) is 0 Å². The van der Waals surface area contributed by atoms with Crippen LogP contribution in [-0.4, -0.2) is 20.2 Å². The predicted molar refractivity (Wildman–Crippen MR) is 91.6 cm³/mol. The molecule has 0 atom stereocenters. The number of fused-ring (bicyclic) bond motifs is 1. The molecule has 0 N–H and O–H groups in total. The molecule has 0 radical (unpaired) electrons. The maximum atomic E-state index is 2.60. The van der Waals surface area contributed by atoms with Gasteiger partial charge in [0.1, 0.15) is 0 Å². The summed E-state index contributed by atoms with van der Waals surface area (Å²) in [7, 11) is 0. The van der Waals surface area contributed by atoms with Gasteiger partial charge in [0.2, 0.25) is 0 Å². The average molecular weight is 375 g/mol. The van der Waals surface area contributed by atoms with Crippen molar-refractivity contribution in [1.29, 1.82) is 0 Å². The molecule has 0 bridgehead atoms. The quantitative estimate of drug-likeness (QED) is 0.620. The average Bonchev–Trinajstić information content (AvgIpc) is 2.92. The molecule has 2 aromatic rings. The zero-order chi connectivity index (χ0) is 14.3. The topological polar surface area (TPSA) is 0 Å². The van der Waals surface area contributed by atoms with E-state index in [1.54, 1.807) is 23.2 Å². The van der Waals surface area contributed by atoms with Gasteiger partial charge < -0.3 is 0 Å². The summed E-state index contributed by atoms with van der Waals surface area (Å²) < 4.78 is 4.90. The van der Waals surface area contributed by atoms with E-state index in [0.29, 0.717) is 0 Å². The summed E-state index contributed by atoms with van der Waals surface area (Å²) in [6.07, 6.45) is 2.96. The molecule has 0 saturated carbocycles. The molecule has 0 spiro atoms. The minimum atomic E-state index is -1.19. The molecule has 0 amide bonds. The molecule has 1 saturated heterocycles. The van der Waals surface area contributed by atoms with E-state index in [-0.39, 0.29) is 5.41 Å². The Labute approximate surface area is 130 Å². The molecule has 3 rings (SSSR count). The van der Waals surface area contributed by atoms with Crippen LogP contribution in [0, 0.1) is 6.92 Å². The van der Waals surface area contributed by atoms with Crippen molar-refractivity contribution in [3.63, 3.8) is 0 Å². The molecule has 0 aromatic heterocycles. The van der Waals surface area contributed by atoms with Crippen molar-refractivity contribution in [2.24, 2.45) is 0 Å².